The number of likely N-dealkylation sites (tertiary alicyclic amines) is 1. The van der Waals surface area contributed by atoms with E-state index in [1.165, 1.54) is 6.33 Å². The predicted molar refractivity (Wildman–Crippen MR) is 150 cm³/mol. The van der Waals surface area contributed by atoms with Crippen LogP contribution in [-0.4, -0.2) is 57.4 Å². The average molecular weight is 527 g/mol. The van der Waals surface area contributed by atoms with Gasteiger partial charge in [0.05, 0.1) is 13.0 Å². The summed E-state index contributed by atoms with van der Waals surface area (Å²) in [7, 11) is 1.64. The number of amides is 1. The van der Waals surface area contributed by atoms with Crippen molar-refractivity contribution >= 4 is 28.7 Å². The largest absolute Gasteiger partial charge is 0.497 e. The van der Waals surface area contributed by atoms with E-state index in [4.69, 9.17) is 4.74 Å². The second-order valence-corrected chi connectivity index (χ2v) is 10.0. The maximum atomic E-state index is 12.7. The molecular weight excluding hydrogens is 492 g/mol. The number of ether oxygens (including phenoxy) is 1. The maximum absolute atomic E-state index is 12.7. The fourth-order valence-electron chi connectivity index (χ4n) is 5.25. The number of fused-ring (bicyclic) bond motifs is 1. The number of methoxy groups -OCH3 is 1. The van der Waals surface area contributed by atoms with Crippen LogP contribution in [0.5, 0.6) is 5.75 Å². The lowest BCUT2D eigenvalue weighted by atomic mass is 9.88. The molecular formula is C30H34N6O3. The molecule has 202 valence electrons. The minimum absolute atomic E-state index is 0.00705. The molecule has 1 amide bonds. The zero-order valence-corrected chi connectivity index (χ0v) is 22.3. The number of carbonyl (C=O) groups is 2. The van der Waals surface area contributed by atoms with Crippen LogP contribution in [0.1, 0.15) is 30.9 Å². The van der Waals surface area contributed by atoms with Gasteiger partial charge < -0.3 is 15.4 Å². The second kappa shape index (κ2) is 12.1. The Labute approximate surface area is 228 Å². The van der Waals surface area contributed by atoms with Crippen molar-refractivity contribution in [2.75, 3.05) is 25.5 Å². The Morgan fingerprint density at radius 2 is 1.95 bits per heavy atom. The number of aromatic nitrogens is 3. The number of Topliss-reactive ketones (excluding diaryl/α,β-unsaturated/α-hetero) is 1. The molecule has 2 N–H and O–H groups in total. The Hall–Kier alpha value is -4.24. The number of hydrogen-bond acceptors (Lipinski definition) is 7. The highest BCUT2D eigenvalue weighted by molar-refractivity contribution is 5.82. The van der Waals surface area contributed by atoms with Gasteiger partial charge in [-0.05, 0) is 49.1 Å². The zero-order valence-electron chi connectivity index (χ0n) is 22.3. The standard InChI is InChI=1S/C30H34N6O3/c1-21(37)26-19-35(15-14-27(26)34-28(38)12-11-22-7-4-3-5-8-22)18-23-13-16-36-29(23)30(31-20-32-36)33-24-9-6-10-25(17-24)39-2/h3-10,13,16-17,20,26-27H,11-12,14-15,18-19H2,1-2H3,(H,34,38)(H,31,32,33)/t26-,27?/m0/s1. The molecule has 2 atom stereocenters. The van der Waals surface area contributed by atoms with Crippen molar-refractivity contribution in [2.45, 2.75) is 38.8 Å². The first-order valence-electron chi connectivity index (χ1n) is 13.3. The molecule has 1 unspecified atom stereocenters. The van der Waals surface area contributed by atoms with Gasteiger partial charge in [-0.1, -0.05) is 36.4 Å². The van der Waals surface area contributed by atoms with Crippen molar-refractivity contribution in [3.63, 3.8) is 0 Å². The molecule has 9 heteroatoms. The quantitative estimate of drug-likeness (QED) is 0.322. The van der Waals surface area contributed by atoms with Crippen LogP contribution >= 0.6 is 0 Å². The van der Waals surface area contributed by atoms with E-state index >= 15 is 0 Å². The van der Waals surface area contributed by atoms with Gasteiger partial charge in [0.25, 0.3) is 0 Å². The second-order valence-electron chi connectivity index (χ2n) is 10.0. The fraction of sp³-hybridized carbons (Fsp3) is 0.333. The Bertz CT molecular complexity index is 1440. The highest BCUT2D eigenvalue weighted by Crippen LogP contribution is 2.27. The molecule has 3 heterocycles. The summed E-state index contributed by atoms with van der Waals surface area (Å²) in [5.74, 6) is 1.29. The normalized spacial score (nSPS) is 17.6. The summed E-state index contributed by atoms with van der Waals surface area (Å²) in [6.07, 6.45) is 5.27. The minimum Gasteiger partial charge on any atom is -0.497 e. The van der Waals surface area contributed by atoms with Crippen LogP contribution in [0.2, 0.25) is 0 Å². The third-order valence-corrected chi connectivity index (χ3v) is 7.31. The predicted octanol–water partition coefficient (Wildman–Crippen LogP) is 4.01. The molecule has 1 saturated heterocycles. The summed E-state index contributed by atoms with van der Waals surface area (Å²) >= 11 is 0. The Morgan fingerprint density at radius 1 is 1.10 bits per heavy atom. The number of aryl methyl sites for hydroxylation is 1. The van der Waals surface area contributed by atoms with Crippen molar-refractivity contribution < 1.29 is 14.3 Å². The summed E-state index contributed by atoms with van der Waals surface area (Å²) in [6, 6.07) is 19.6. The molecule has 1 fully saturated rings. The molecule has 9 nitrogen and oxygen atoms in total. The van der Waals surface area contributed by atoms with Gasteiger partial charge in [0.1, 0.15) is 23.4 Å². The van der Waals surface area contributed by atoms with Crippen molar-refractivity contribution in [1.82, 2.24) is 24.8 Å². The van der Waals surface area contributed by atoms with Crippen LogP contribution in [-0.2, 0) is 22.6 Å². The number of nitrogens with zero attached hydrogens (tertiary/aromatic N) is 4. The molecule has 39 heavy (non-hydrogen) atoms. The summed E-state index contributed by atoms with van der Waals surface area (Å²) in [5, 5.41) is 10.9. The highest BCUT2D eigenvalue weighted by Gasteiger charge is 2.33. The number of ketones is 1. The summed E-state index contributed by atoms with van der Waals surface area (Å²) in [5.41, 5.74) is 3.95. The number of piperidine rings is 1. The molecule has 1 aliphatic heterocycles. The molecule has 0 bridgehead atoms. The third-order valence-electron chi connectivity index (χ3n) is 7.31. The molecule has 0 spiro atoms. The van der Waals surface area contributed by atoms with Crippen molar-refractivity contribution in [3.05, 3.63) is 84.3 Å². The van der Waals surface area contributed by atoms with E-state index in [0.29, 0.717) is 31.7 Å². The van der Waals surface area contributed by atoms with Gasteiger partial charge in [0, 0.05) is 50.0 Å². The van der Waals surface area contributed by atoms with Crippen LogP contribution in [0.15, 0.2) is 73.2 Å². The Morgan fingerprint density at radius 3 is 2.74 bits per heavy atom. The maximum Gasteiger partial charge on any atom is 0.220 e. The van der Waals surface area contributed by atoms with Gasteiger partial charge in [-0.3, -0.25) is 14.5 Å². The number of anilines is 2. The summed E-state index contributed by atoms with van der Waals surface area (Å²) < 4.78 is 7.16. The van der Waals surface area contributed by atoms with Gasteiger partial charge in [-0.25, -0.2) is 9.50 Å². The monoisotopic (exact) mass is 526 g/mol. The van der Waals surface area contributed by atoms with Gasteiger partial charge >= 0.3 is 0 Å². The molecule has 2 aromatic heterocycles. The van der Waals surface area contributed by atoms with Gasteiger partial charge in [0.15, 0.2) is 5.82 Å². The van der Waals surface area contributed by atoms with E-state index in [-0.39, 0.29) is 23.7 Å². The van der Waals surface area contributed by atoms with E-state index in [0.717, 1.165) is 41.0 Å². The zero-order chi connectivity index (χ0) is 27.2. The van der Waals surface area contributed by atoms with E-state index in [9.17, 15) is 9.59 Å². The molecule has 0 saturated carbocycles. The van der Waals surface area contributed by atoms with Crippen molar-refractivity contribution in [1.29, 1.82) is 0 Å². The van der Waals surface area contributed by atoms with Crippen LogP contribution in [0, 0.1) is 5.92 Å². The van der Waals surface area contributed by atoms with Crippen LogP contribution in [0.3, 0.4) is 0 Å². The number of nitrogens with one attached hydrogen (secondary N) is 2. The first kappa shape index (κ1) is 26.4. The Kier molecular flexibility index (Phi) is 8.17. The van der Waals surface area contributed by atoms with E-state index in [2.05, 4.69) is 25.6 Å². The number of carbonyl (C=O) groups excluding carboxylic acids is 2. The van der Waals surface area contributed by atoms with Crippen LogP contribution < -0.4 is 15.4 Å². The lowest BCUT2D eigenvalue weighted by molar-refractivity contribution is -0.126. The molecule has 0 aliphatic carbocycles. The molecule has 4 aromatic rings. The summed E-state index contributed by atoms with van der Waals surface area (Å²) in [6.45, 7) is 3.63. The SMILES string of the molecule is COc1cccc(Nc2ncnn3ccc(CN4CCC(NC(=O)CCc5ccccc5)[C@H](C(C)=O)C4)c23)c1. The van der Waals surface area contributed by atoms with Crippen molar-refractivity contribution in [2.24, 2.45) is 5.92 Å². The van der Waals surface area contributed by atoms with E-state index in [1.54, 1.807) is 14.0 Å². The lowest BCUT2D eigenvalue weighted by Crippen LogP contribution is -2.53. The first-order chi connectivity index (χ1) is 19.0. The van der Waals surface area contributed by atoms with E-state index < -0.39 is 0 Å². The van der Waals surface area contributed by atoms with Crippen LogP contribution in [0.4, 0.5) is 11.5 Å². The molecule has 0 radical (unpaired) electrons. The third kappa shape index (κ3) is 6.43. The lowest BCUT2D eigenvalue weighted by Gasteiger charge is -2.37. The topological polar surface area (TPSA) is 101 Å². The van der Waals surface area contributed by atoms with Gasteiger partial charge in [-0.15, -0.1) is 0 Å². The number of benzene rings is 2. The van der Waals surface area contributed by atoms with Crippen LogP contribution in [0.25, 0.3) is 5.52 Å². The molecule has 1 aliphatic rings. The minimum atomic E-state index is -0.251. The smallest absolute Gasteiger partial charge is 0.220 e. The first-order valence-corrected chi connectivity index (χ1v) is 13.3. The highest BCUT2D eigenvalue weighted by atomic mass is 16.5. The van der Waals surface area contributed by atoms with Gasteiger partial charge in [-0.2, -0.15) is 5.10 Å². The summed E-state index contributed by atoms with van der Waals surface area (Å²) in [4.78, 5) is 32.1. The van der Waals surface area contributed by atoms with Gasteiger partial charge in [0.2, 0.25) is 5.91 Å². The molecule has 2 aromatic carbocycles. The van der Waals surface area contributed by atoms with E-state index in [1.807, 2.05) is 71.4 Å². The average Bonchev–Trinajstić information content (AvgIpc) is 3.37. The number of rotatable bonds is 10. The number of hydrogen-bond donors (Lipinski definition) is 2. The van der Waals surface area contributed by atoms with Crippen molar-refractivity contribution in [3.8, 4) is 5.75 Å². The Balaban J connectivity index is 1.25. The fourth-order valence-corrected chi connectivity index (χ4v) is 5.25. The molecule has 5 rings (SSSR count).